The van der Waals surface area contributed by atoms with Crippen LogP contribution in [0.25, 0.3) is 0 Å². The second-order valence-corrected chi connectivity index (χ2v) is 6.19. The maximum absolute atomic E-state index is 13.8. The molecule has 0 atom stereocenters. The Morgan fingerprint density at radius 3 is 2.70 bits per heavy atom. The summed E-state index contributed by atoms with van der Waals surface area (Å²) in [5.74, 6) is -0.303. The first-order chi connectivity index (χ1) is 9.37. The minimum atomic E-state index is -0.303. The van der Waals surface area contributed by atoms with Crippen LogP contribution in [0.4, 0.5) is 4.39 Å². The fraction of sp³-hybridized carbons (Fsp3) is 0.400. The van der Waals surface area contributed by atoms with Gasteiger partial charge < -0.3 is 5.32 Å². The molecule has 0 saturated carbocycles. The third-order valence-electron chi connectivity index (χ3n) is 2.97. The van der Waals surface area contributed by atoms with E-state index in [0.29, 0.717) is 23.7 Å². The quantitative estimate of drug-likeness (QED) is 0.934. The second-order valence-electron chi connectivity index (χ2n) is 5.78. The van der Waals surface area contributed by atoms with Crippen molar-refractivity contribution in [1.82, 2.24) is 15.1 Å². The Morgan fingerprint density at radius 2 is 2.05 bits per heavy atom. The standard InChI is InChI=1S/C15H19ClFN3/c1-15(2,3)18-9-11-7-8-19-20(11)10-12-13(16)5-4-6-14(12)17/h4-8,18H,9-10H2,1-3H3. The van der Waals surface area contributed by atoms with E-state index in [0.717, 1.165) is 5.69 Å². The van der Waals surface area contributed by atoms with Crippen molar-refractivity contribution in [2.75, 3.05) is 0 Å². The van der Waals surface area contributed by atoms with Gasteiger partial charge in [-0.2, -0.15) is 5.10 Å². The van der Waals surface area contributed by atoms with Crippen molar-refractivity contribution in [3.8, 4) is 0 Å². The van der Waals surface area contributed by atoms with Crippen molar-refractivity contribution in [2.45, 2.75) is 39.4 Å². The van der Waals surface area contributed by atoms with Gasteiger partial charge >= 0.3 is 0 Å². The molecular formula is C15H19ClFN3. The molecule has 1 aromatic carbocycles. The molecule has 5 heteroatoms. The molecule has 0 fully saturated rings. The van der Waals surface area contributed by atoms with E-state index in [-0.39, 0.29) is 11.4 Å². The Labute approximate surface area is 123 Å². The zero-order chi connectivity index (χ0) is 14.8. The molecule has 0 amide bonds. The van der Waals surface area contributed by atoms with Crippen LogP contribution in [0.2, 0.25) is 5.02 Å². The van der Waals surface area contributed by atoms with Gasteiger partial charge in [0.15, 0.2) is 0 Å². The van der Waals surface area contributed by atoms with Crippen LogP contribution in [-0.2, 0) is 13.1 Å². The summed E-state index contributed by atoms with van der Waals surface area (Å²) < 4.78 is 15.6. The Bertz CT molecular complexity index is 567. The molecular weight excluding hydrogens is 277 g/mol. The van der Waals surface area contributed by atoms with Gasteiger partial charge in [-0.1, -0.05) is 17.7 Å². The maximum atomic E-state index is 13.8. The number of rotatable bonds is 4. The Morgan fingerprint density at radius 1 is 1.30 bits per heavy atom. The highest BCUT2D eigenvalue weighted by molar-refractivity contribution is 6.31. The van der Waals surface area contributed by atoms with Crippen molar-refractivity contribution in [2.24, 2.45) is 0 Å². The fourth-order valence-electron chi connectivity index (χ4n) is 1.84. The largest absolute Gasteiger partial charge is 0.306 e. The van der Waals surface area contributed by atoms with Gasteiger partial charge in [-0.25, -0.2) is 4.39 Å². The summed E-state index contributed by atoms with van der Waals surface area (Å²) in [4.78, 5) is 0. The second kappa shape index (κ2) is 5.94. The zero-order valence-electron chi connectivity index (χ0n) is 12.0. The van der Waals surface area contributed by atoms with Crippen LogP contribution in [-0.4, -0.2) is 15.3 Å². The van der Waals surface area contributed by atoms with E-state index in [4.69, 9.17) is 11.6 Å². The maximum Gasteiger partial charge on any atom is 0.129 e. The molecule has 0 spiro atoms. The molecule has 1 N–H and O–H groups in total. The minimum Gasteiger partial charge on any atom is -0.306 e. The van der Waals surface area contributed by atoms with Crippen molar-refractivity contribution in [3.05, 3.63) is 52.6 Å². The molecule has 2 aromatic rings. The van der Waals surface area contributed by atoms with E-state index in [1.807, 2.05) is 6.07 Å². The van der Waals surface area contributed by atoms with Gasteiger partial charge in [-0.05, 0) is 39.0 Å². The first kappa shape index (κ1) is 15.0. The predicted molar refractivity (Wildman–Crippen MR) is 79.3 cm³/mol. The van der Waals surface area contributed by atoms with Gasteiger partial charge in [0, 0.05) is 28.9 Å². The molecule has 1 heterocycles. The van der Waals surface area contributed by atoms with Crippen molar-refractivity contribution < 1.29 is 4.39 Å². The van der Waals surface area contributed by atoms with Gasteiger partial charge in [0.05, 0.1) is 12.2 Å². The highest BCUT2D eigenvalue weighted by atomic mass is 35.5. The van der Waals surface area contributed by atoms with E-state index in [9.17, 15) is 4.39 Å². The summed E-state index contributed by atoms with van der Waals surface area (Å²) in [5.41, 5.74) is 1.49. The van der Waals surface area contributed by atoms with Gasteiger partial charge in [-0.3, -0.25) is 4.68 Å². The lowest BCUT2D eigenvalue weighted by Crippen LogP contribution is -2.35. The molecule has 3 nitrogen and oxygen atoms in total. The van der Waals surface area contributed by atoms with Gasteiger partial charge in [0.2, 0.25) is 0 Å². The lowest BCUT2D eigenvalue weighted by atomic mass is 10.1. The van der Waals surface area contributed by atoms with Crippen molar-refractivity contribution in [3.63, 3.8) is 0 Å². The summed E-state index contributed by atoms with van der Waals surface area (Å²) >= 11 is 6.05. The monoisotopic (exact) mass is 295 g/mol. The van der Waals surface area contributed by atoms with Crippen LogP contribution in [0.1, 0.15) is 32.0 Å². The number of hydrogen-bond acceptors (Lipinski definition) is 2. The summed E-state index contributed by atoms with van der Waals surface area (Å²) in [6.07, 6.45) is 1.72. The SMILES string of the molecule is CC(C)(C)NCc1ccnn1Cc1c(F)cccc1Cl. The van der Waals surface area contributed by atoms with Gasteiger partial charge in [0.25, 0.3) is 0 Å². The lowest BCUT2D eigenvalue weighted by Gasteiger charge is -2.21. The minimum absolute atomic E-state index is 0.0186. The Balaban J connectivity index is 2.17. The van der Waals surface area contributed by atoms with E-state index >= 15 is 0 Å². The summed E-state index contributed by atoms with van der Waals surface area (Å²) in [6.45, 7) is 7.31. The Kier molecular flexibility index (Phi) is 4.45. The first-order valence-electron chi connectivity index (χ1n) is 6.55. The topological polar surface area (TPSA) is 29.9 Å². The van der Waals surface area contributed by atoms with Crippen LogP contribution in [0.15, 0.2) is 30.5 Å². The number of nitrogens with one attached hydrogen (secondary N) is 1. The molecule has 1 aromatic heterocycles. The Hall–Kier alpha value is -1.39. The predicted octanol–water partition coefficient (Wildman–Crippen LogP) is 3.61. The highest BCUT2D eigenvalue weighted by Crippen LogP contribution is 2.20. The van der Waals surface area contributed by atoms with Gasteiger partial charge in [-0.15, -0.1) is 0 Å². The number of halogens is 2. The molecule has 0 aliphatic heterocycles. The molecule has 0 radical (unpaired) electrons. The van der Waals surface area contributed by atoms with Crippen molar-refractivity contribution >= 4 is 11.6 Å². The molecule has 2 rings (SSSR count). The fourth-order valence-corrected chi connectivity index (χ4v) is 2.06. The average Bonchev–Trinajstić information content (AvgIpc) is 2.78. The summed E-state index contributed by atoms with van der Waals surface area (Å²) in [6, 6.07) is 6.63. The molecule has 0 bridgehead atoms. The van der Waals surface area contributed by atoms with E-state index in [2.05, 4.69) is 31.2 Å². The highest BCUT2D eigenvalue weighted by Gasteiger charge is 2.13. The van der Waals surface area contributed by atoms with Crippen LogP contribution < -0.4 is 5.32 Å². The molecule has 108 valence electrons. The number of nitrogens with zero attached hydrogens (tertiary/aromatic N) is 2. The van der Waals surface area contributed by atoms with Crippen LogP contribution >= 0.6 is 11.6 Å². The van der Waals surface area contributed by atoms with E-state index < -0.39 is 0 Å². The summed E-state index contributed by atoms with van der Waals surface area (Å²) in [5, 5.41) is 8.06. The average molecular weight is 296 g/mol. The van der Waals surface area contributed by atoms with Crippen molar-refractivity contribution in [1.29, 1.82) is 0 Å². The third-order valence-corrected chi connectivity index (χ3v) is 3.33. The number of hydrogen-bond donors (Lipinski definition) is 1. The van der Waals surface area contributed by atoms with Crippen LogP contribution in [0, 0.1) is 5.82 Å². The third kappa shape index (κ3) is 3.81. The molecule has 0 aliphatic carbocycles. The number of benzene rings is 1. The normalized spacial score (nSPS) is 11.8. The first-order valence-corrected chi connectivity index (χ1v) is 6.93. The van der Waals surface area contributed by atoms with Crippen LogP contribution in [0.3, 0.4) is 0 Å². The van der Waals surface area contributed by atoms with E-state index in [1.165, 1.54) is 6.07 Å². The van der Waals surface area contributed by atoms with E-state index in [1.54, 1.807) is 23.0 Å². The summed E-state index contributed by atoms with van der Waals surface area (Å²) in [7, 11) is 0. The zero-order valence-corrected chi connectivity index (χ0v) is 12.7. The molecule has 0 unspecified atom stereocenters. The molecule has 0 saturated heterocycles. The molecule has 20 heavy (non-hydrogen) atoms. The molecule has 0 aliphatic rings. The van der Waals surface area contributed by atoms with Crippen LogP contribution in [0.5, 0.6) is 0 Å². The smallest absolute Gasteiger partial charge is 0.129 e. The lowest BCUT2D eigenvalue weighted by molar-refractivity contribution is 0.413. The van der Waals surface area contributed by atoms with Gasteiger partial charge in [0.1, 0.15) is 5.82 Å². The number of aromatic nitrogens is 2.